The molecule has 1 aliphatic rings. The first-order chi connectivity index (χ1) is 9.25. The molecule has 3 amide bonds. The molecule has 0 saturated carbocycles. The van der Waals surface area contributed by atoms with Crippen molar-refractivity contribution in [3.8, 4) is 0 Å². The molecule has 1 fully saturated rings. The lowest BCUT2D eigenvalue weighted by molar-refractivity contribution is -0.135. The number of carbonyl (C=O) groups is 2. The maximum absolute atomic E-state index is 11.6. The van der Waals surface area contributed by atoms with E-state index in [1.54, 1.807) is 18.5 Å². The second kappa shape index (κ2) is 6.69. The summed E-state index contributed by atoms with van der Waals surface area (Å²) in [6.45, 7) is 1.49. The van der Waals surface area contributed by atoms with Crippen LogP contribution in [-0.4, -0.2) is 41.5 Å². The van der Waals surface area contributed by atoms with E-state index in [1.807, 2.05) is 6.07 Å². The van der Waals surface area contributed by atoms with E-state index in [-0.39, 0.29) is 25.1 Å². The number of aromatic nitrogens is 1. The molecular formula is C12H16N4O3. The van der Waals surface area contributed by atoms with Gasteiger partial charge in [0, 0.05) is 25.5 Å². The molecule has 0 bridgehead atoms. The fourth-order valence-electron chi connectivity index (χ4n) is 1.72. The zero-order valence-corrected chi connectivity index (χ0v) is 10.5. The van der Waals surface area contributed by atoms with Crippen molar-refractivity contribution in [2.45, 2.75) is 13.0 Å². The molecule has 0 atom stereocenters. The minimum Gasteiger partial charge on any atom is -0.338 e. The number of carbonyl (C=O) groups excluding carboxylic acids is 2. The van der Waals surface area contributed by atoms with E-state index in [0.717, 1.165) is 12.0 Å². The van der Waals surface area contributed by atoms with Crippen LogP contribution in [0.25, 0.3) is 0 Å². The third-order valence-electron chi connectivity index (χ3n) is 2.65. The van der Waals surface area contributed by atoms with Crippen molar-refractivity contribution in [1.29, 1.82) is 0 Å². The Balaban J connectivity index is 1.68. The average molecular weight is 264 g/mol. The van der Waals surface area contributed by atoms with Crippen LogP contribution in [0, 0.1) is 0 Å². The largest absolute Gasteiger partial charge is 0.338 e. The summed E-state index contributed by atoms with van der Waals surface area (Å²) in [7, 11) is 0. The molecule has 7 heteroatoms. The van der Waals surface area contributed by atoms with E-state index >= 15 is 0 Å². The van der Waals surface area contributed by atoms with E-state index in [2.05, 4.69) is 15.8 Å². The lowest BCUT2D eigenvalue weighted by atomic mass is 10.3. The van der Waals surface area contributed by atoms with Crippen LogP contribution in [-0.2, 0) is 16.2 Å². The molecule has 2 rings (SSSR count). The topological polar surface area (TPSA) is 83.6 Å². The number of nitrogens with zero attached hydrogens (tertiary/aromatic N) is 2. The van der Waals surface area contributed by atoms with Crippen molar-refractivity contribution in [3.63, 3.8) is 0 Å². The molecule has 19 heavy (non-hydrogen) atoms. The van der Waals surface area contributed by atoms with Gasteiger partial charge in [0.25, 0.3) is 5.91 Å². The highest BCUT2D eigenvalue weighted by Gasteiger charge is 2.19. The van der Waals surface area contributed by atoms with Crippen molar-refractivity contribution < 1.29 is 14.4 Å². The van der Waals surface area contributed by atoms with E-state index in [4.69, 9.17) is 4.84 Å². The number of hydrogen-bond donors (Lipinski definition) is 2. The van der Waals surface area contributed by atoms with Crippen molar-refractivity contribution in [1.82, 2.24) is 20.7 Å². The van der Waals surface area contributed by atoms with Crippen LogP contribution in [0.5, 0.6) is 0 Å². The molecule has 2 N–H and O–H groups in total. The van der Waals surface area contributed by atoms with Crippen molar-refractivity contribution in [3.05, 3.63) is 30.1 Å². The number of urea groups is 1. The molecule has 0 aliphatic carbocycles. The van der Waals surface area contributed by atoms with Gasteiger partial charge in [-0.2, -0.15) is 0 Å². The second-order valence-corrected chi connectivity index (χ2v) is 4.18. The lowest BCUT2D eigenvalue weighted by Crippen LogP contribution is -2.50. The monoisotopic (exact) mass is 264 g/mol. The minimum absolute atomic E-state index is 0.00112. The van der Waals surface area contributed by atoms with Gasteiger partial charge in [0.1, 0.15) is 13.2 Å². The zero-order chi connectivity index (χ0) is 13.5. The number of hydroxylamine groups is 1. The second-order valence-electron chi connectivity index (χ2n) is 4.18. The number of amides is 3. The summed E-state index contributed by atoms with van der Waals surface area (Å²) in [5.41, 5.74) is 3.17. The van der Waals surface area contributed by atoms with Crippen LogP contribution in [0.15, 0.2) is 24.5 Å². The minimum atomic E-state index is -0.346. The molecule has 1 aromatic rings. The van der Waals surface area contributed by atoms with E-state index < -0.39 is 0 Å². The number of nitrogens with one attached hydrogen (secondary N) is 2. The average Bonchev–Trinajstić information content (AvgIpc) is 2.43. The van der Waals surface area contributed by atoms with E-state index in [1.165, 1.54) is 4.90 Å². The van der Waals surface area contributed by atoms with Crippen molar-refractivity contribution in [2.24, 2.45) is 0 Å². The zero-order valence-electron chi connectivity index (χ0n) is 10.5. The van der Waals surface area contributed by atoms with Gasteiger partial charge < -0.3 is 10.2 Å². The standard InChI is InChI=1S/C12H16N4O3/c17-11(8-16-6-2-5-14-12(16)18)15-19-9-10-3-1-4-13-7-10/h1,3-4,7H,2,5-6,8-9H2,(H,14,18)(H,15,17). The lowest BCUT2D eigenvalue weighted by Gasteiger charge is -2.26. The van der Waals surface area contributed by atoms with Gasteiger partial charge in [-0.05, 0) is 18.1 Å². The first-order valence-corrected chi connectivity index (χ1v) is 6.08. The van der Waals surface area contributed by atoms with Crippen LogP contribution < -0.4 is 10.8 Å². The fraction of sp³-hybridized carbons (Fsp3) is 0.417. The van der Waals surface area contributed by atoms with Gasteiger partial charge in [0.2, 0.25) is 0 Å². The summed E-state index contributed by atoms with van der Waals surface area (Å²) in [5.74, 6) is -0.346. The Morgan fingerprint density at radius 1 is 1.58 bits per heavy atom. The van der Waals surface area contributed by atoms with Crippen molar-refractivity contribution >= 4 is 11.9 Å². The molecular weight excluding hydrogens is 248 g/mol. The molecule has 2 heterocycles. The number of pyridine rings is 1. The van der Waals surface area contributed by atoms with Gasteiger partial charge in [-0.1, -0.05) is 6.07 Å². The first kappa shape index (κ1) is 13.3. The quantitative estimate of drug-likeness (QED) is 0.736. The molecule has 0 unspecified atom stereocenters. The molecule has 0 spiro atoms. The van der Waals surface area contributed by atoms with Crippen LogP contribution >= 0.6 is 0 Å². The predicted octanol–water partition coefficient (Wildman–Crippen LogP) is 0.0447. The SMILES string of the molecule is O=C(CN1CCCNC1=O)NOCc1cccnc1. The Morgan fingerprint density at radius 3 is 3.21 bits per heavy atom. The van der Waals surface area contributed by atoms with Gasteiger partial charge in [-0.3, -0.25) is 14.6 Å². The number of rotatable bonds is 5. The Morgan fingerprint density at radius 2 is 2.47 bits per heavy atom. The van der Waals surface area contributed by atoms with Gasteiger partial charge in [0.05, 0.1) is 0 Å². The Bertz CT molecular complexity index is 438. The third-order valence-corrected chi connectivity index (χ3v) is 2.65. The molecule has 7 nitrogen and oxygen atoms in total. The summed E-state index contributed by atoms with van der Waals surface area (Å²) in [5, 5.41) is 2.68. The summed E-state index contributed by atoms with van der Waals surface area (Å²) < 4.78 is 0. The van der Waals surface area contributed by atoms with E-state index in [0.29, 0.717) is 13.1 Å². The van der Waals surface area contributed by atoms with Gasteiger partial charge in [-0.15, -0.1) is 0 Å². The van der Waals surface area contributed by atoms with Crippen molar-refractivity contribution in [2.75, 3.05) is 19.6 Å². The Kier molecular flexibility index (Phi) is 4.68. The van der Waals surface area contributed by atoms with Crippen LogP contribution in [0.1, 0.15) is 12.0 Å². The molecule has 1 saturated heterocycles. The Labute approximate surface area is 110 Å². The fourth-order valence-corrected chi connectivity index (χ4v) is 1.72. The van der Waals surface area contributed by atoms with Gasteiger partial charge >= 0.3 is 6.03 Å². The molecule has 0 aromatic carbocycles. The summed E-state index contributed by atoms with van der Waals surface area (Å²) in [4.78, 5) is 33.4. The first-order valence-electron chi connectivity index (χ1n) is 6.08. The van der Waals surface area contributed by atoms with E-state index in [9.17, 15) is 9.59 Å². The van der Waals surface area contributed by atoms with Crippen LogP contribution in [0.2, 0.25) is 0 Å². The van der Waals surface area contributed by atoms with Crippen LogP contribution in [0.3, 0.4) is 0 Å². The highest BCUT2D eigenvalue weighted by Crippen LogP contribution is 1.99. The highest BCUT2D eigenvalue weighted by molar-refractivity contribution is 5.83. The molecule has 0 radical (unpaired) electrons. The third kappa shape index (κ3) is 4.22. The maximum atomic E-state index is 11.6. The molecule has 1 aromatic heterocycles. The highest BCUT2D eigenvalue weighted by atomic mass is 16.6. The van der Waals surface area contributed by atoms with Gasteiger partial charge in [-0.25, -0.2) is 10.3 Å². The number of hydrogen-bond acceptors (Lipinski definition) is 4. The normalized spacial score (nSPS) is 14.9. The summed E-state index contributed by atoms with van der Waals surface area (Å²) in [6, 6.07) is 3.42. The summed E-state index contributed by atoms with van der Waals surface area (Å²) in [6.07, 6.45) is 4.16. The molecule has 1 aliphatic heterocycles. The Hall–Kier alpha value is -2.15. The maximum Gasteiger partial charge on any atom is 0.317 e. The molecule has 102 valence electrons. The van der Waals surface area contributed by atoms with Gasteiger partial charge in [0.15, 0.2) is 0 Å². The summed E-state index contributed by atoms with van der Waals surface area (Å²) >= 11 is 0. The van der Waals surface area contributed by atoms with Crippen LogP contribution in [0.4, 0.5) is 4.79 Å². The smallest absolute Gasteiger partial charge is 0.317 e. The predicted molar refractivity (Wildman–Crippen MR) is 66.8 cm³/mol.